The molecule has 0 bridgehead atoms. The predicted molar refractivity (Wildman–Crippen MR) is 98.2 cm³/mol. The maximum Gasteiger partial charge on any atom is 0.0451 e. The Morgan fingerprint density at radius 3 is 2.30 bits per heavy atom. The average Bonchev–Trinajstić information content (AvgIpc) is 2.61. The Morgan fingerprint density at radius 2 is 1.57 bits per heavy atom. The summed E-state index contributed by atoms with van der Waals surface area (Å²) in [6.07, 6.45) is 5.13. The molecular weight excluding hydrogens is 278 g/mol. The van der Waals surface area contributed by atoms with Gasteiger partial charge in [0.1, 0.15) is 0 Å². The fourth-order valence-electron chi connectivity index (χ4n) is 2.88. The van der Waals surface area contributed by atoms with Gasteiger partial charge in [0.05, 0.1) is 0 Å². The van der Waals surface area contributed by atoms with Crippen LogP contribution in [-0.4, -0.2) is 4.98 Å². The van der Waals surface area contributed by atoms with E-state index in [4.69, 9.17) is 0 Å². The Bertz CT molecular complexity index is 816. The van der Waals surface area contributed by atoms with E-state index in [2.05, 4.69) is 79.5 Å². The van der Waals surface area contributed by atoms with Crippen LogP contribution in [0.25, 0.3) is 11.6 Å². The molecule has 2 aromatic carbocycles. The highest BCUT2D eigenvalue weighted by molar-refractivity contribution is 5.93. The molecule has 1 aromatic heterocycles. The van der Waals surface area contributed by atoms with Gasteiger partial charge in [-0.1, -0.05) is 67.6 Å². The average molecular weight is 299 g/mol. The highest BCUT2D eigenvalue weighted by Gasteiger charge is 2.11. The Balaban J connectivity index is 2.23. The van der Waals surface area contributed by atoms with Crippen molar-refractivity contribution in [2.24, 2.45) is 0 Å². The van der Waals surface area contributed by atoms with E-state index in [1.165, 1.54) is 27.8 Å². The summed E-state index contributed by atoms with van der Waals surface area (Å²) in [5.41, 5.74) is 7.33. The molecule has 0 saturated heterocycles. The van der Waals surface area contributed by atoms with Crippen LogP contribution in [-0.2, 0) is 6.42 Å². The third kappa shape index (κ3) is 3.40. The highest BCUT2D eigenvalue weighted by Crippen LogP contribution is 2.30. The minimum Gasteiger partial charge on any atom is -0.261 e. The van der Waals surface area contributed by atoms with Crippen LogP contribution in [0, 0.1) is 6.92 Å². The third-order valence-corrected chi connectivity index (χ3v) is 4.10. The molecule has 0 aliphatic heterocycles. The molecule has 0 unspecified atom stereocenters. The van der Waals surface area contributed by atoms with Crippen LogP contribution in [0.4, 0.5) is 0 Å². The predicted octanol–water partition coefficient (Wildman–Crippen LogP) is 5.54. The molecule has 0 aliphatic rings. The molecule has 23 heavy (non-hydrogen) atoms. The van der Waals surface area contributed by atoms with E-state index in [1.54, 1.807) is 0 Å². The summed E-state index contributed by atoms with van der Waals surface area (Å²) in [4.78, 5) is 4.48. The zero-order valence-electron chi connectivity index (χ0n) is 13.7. The zero-order valence-corrected chi connectivity index (χ0v) is 13.7. The van der Waals surface area contributed by atoms with E-state index < -0.39 is 0 Å². The molecule has 0 spiro atoms. The van der Waals surface area contributed by atoms with Crippen molar-refractivity contribution in [3.8, 4) is 0 Å². The molecule has 1 heterocycles. The van der Waals surface area contributed by atoms with E-state index >= 15 is 0 Å². The first-order valence-corrected chi connectivity index (χ1v) is 8.06. The van der Waals surface area contributed by atoms with Crippen LogP contribution in [0.15, 0.2) is 72.9 Å². The standard InChI is InChI=1S/C22H21N/c1-3-19-12-7-8-13-21(19)22(16-18-10-5-4-6-11-18)20-14-9-15-23-17(20)2/h4-16H,3H2,1-2H3/b22-16+. The Hall–Kier alpha value is -2.67. The van der Waals surface area contributed by atoms with Gasteiger partial charge >= 0.3 is 0 Å². The lowest BCUT2D eigenvalue weighted by Gasteiger charge is -2.14. The molecule has 1 nitrogen and oxygen atoms in total. The summed E-state index contributed by atoms with van der Waals surface area (Å²) in [5.74, 6) is 0. The van der Waals surface area contributed by atoms with Gasteiger partial charge in [0, 0.05) is 17.5 Å². The molecule has 1 heteroatoms. The summed E-state index contributed by atoms with van der Waals surface area (Å²) in [6, 6.07) is 23.3. The van der Waals surface area contributed by atoms with E-state index in [-0.39, 0.29) is 0 Å². The number of nitrogens with zero attached hydrogens (tertiary/aromatic N) is 1. The first kappa shape index (κ1) is 15.2. The van der Waals surface area contributed by atoms with Crippen molar-refractivity contribution >= 4 is 11.6 Å². The van der Waals surface area contributed by atoms with Gasteiger partial charge in [0.25, 0.3) is 0 Å². The topological polar surface area (TPSA) is 12.9 Å². The van der Waals surface area contributed by atoms with Gasteiger partial charge in [0.15, 0.2) is 0 Å². The number of hydrogen-bond donors (Lipinski definition) is 0. The number of aromatic nitrogens is 1. The first-order chi connectivity index (χ1) is 11.3. The Morgan fingerprint density at radius 1 is 0.870 bits per heavy atom. The van der Waals surface area contributed by atoms with Gasteiger partial charge in [0.2, 0.25) is 0 Å². The van der Waals surface area contributed by atoms with Crippen molar-refractivity contribution in [2.45, 2.75) is 20.3 Å². The van der Waals surface area contributed by atoms with Crippen LogP contribution in [0.5, 0.6) is 0 Å². The minimum atomic E-state index is 1.02. The largest absolute Gasteiger partial charge is 0.261 e. The van der Waals surface area contributed by atoms with Gasteiger partial charge in [-0.15, -0.1) is 0 Å². The van der Waals surface area contributed by atoms with Gasteiger partial charge in [-0.3, -0.25) is 4.98 Å². The van der Waals surface area contributed by atoms with Crippen molar-refractivity contribution in [1.82, 2.24) is 4.98 Å². The number of pyridine rings is 1. The summed E-state index contributed by atoms with van der Waals surface area (Å²) in [5, 5.41) is 0. The van der Waals surface area contributed by atoms with Crippen molar-refractivity contribution in [3.63, 3.8) is 0 Å². The monoisotopic (exact) mass is 299 g/mol. The van der Waals surface area contributed by atoms with Crippen molar-refractivity contribution in [2.75, 3.05) is 0 Å². The van der Waals surface area contributed by atoms with E-state index in [0.29, 0.717) is 0 Å². The lowest BCUT2D eigenvalue weighted by atomic mass is 9.90. The maximum absolute atomic E-state index is 4.48. The molecular formula is C22H21N. The number of aryl methyl sites for hydroxylation is 2. The smallest absolute Gasteiger partial charge is 0.0451 e. The van der Waals surface area contributed by atoms with Crippen LogP contribution in [0.1, 0.15) is 34.9 Å². The summed E-state index contributed by atoms with van der Waals surface area (Å²) < 4.78 is 0. The molecule has 3 rings (SSSR count). The normalized spacial score (nSPS) is 11.5. The molecule has 0 amide bonds. The van der Waals surface area contributed by atoms with Gasteiger partial charge < -0.3 is 0 Å². The second-order valence-corrected chi connectivity index (χ2v) is 5.62. The molecule has 114 valence electrons. The molecule has 0 fully saturated rings. The van der Waals surface area contributed by atoms with Gasteiger partial charge in [-0.05, 0) is 47.8 Å². The molecule has 3 aromatic rings. The molecule has 0 aliphatic carbocycles. The van der Waals surface area contributed by atoms with Crippen molar-refractivity contribution in [3.05, 3.63) is 101 Å². The van der Waals surface area contributed by atoms with Crippen LogP contribution in [0.3, 0.4) is 0 Å². The number of rotatable bonds is 4. The van der Waals surface area contributed by atoms with Crippen LogP contribution >= 0.6 is 0 Å². The molecule has 0 radical (unpaired) electrons. The van der Waals surface area contributed by atoms with Crippen LogP contribution in [0.2, 0.25) is 0 Å². The highest BCUT2D eigenvalue weighted by atomic mass is 14.7. The van der Waals surface area contributed by atoms with E-state index in [9.17, 15) is 0 Å². The SMILES string of the molecule is CCc1ccccc1/C(=C/c1ccccc1)c1cccnc1C. The Kier molecular flexibility index (Phi) is 4.68. The Labute approximate surface area is 138 Å². The van der Waals surface area contributed by atoms with Crippen LogP contribution < -0.4 is 0 Å². The van der Waals surface area contributed by atoms with E-state index in [0.717, 1.165) is 12.1 Å². The number of hydrogen-bond acceptors (Lipinski definition) is 1. The third-order valence-electron chi connectivity index (χ3n) is 4.10. The van der Waals surface area contributed by atoms with Gasteiger partial charge in [-0.25, -0.2) is 0 Å². The van der Waals surface area contributed by atoms with E-state index in [1.807, 2.05) is 18.3 Å². The second-order valence-electron chi connectivity index (χ2n) is 5.62. The van der Waals surface area contributed by atoms with Crippen molar-refractivity contribution in [1.29, 1.82) is 0 Å². The quantitative estimate of drug-likeness (QED) is 0.576. The maximum atomic E-state index is 4.48. The van der Waals surface area contributed by atoms with Gasteiger partial charge in [-0.2, -0.15) is 0 Å². The number of benzene rings is 2. The summed E-state index contributed by atoms with van der Waals surface area (Å²) in [7, 11) is 0. The lowest BCUT2D eigenvalue weighted by Crippen LogP contribution is -1.97. The zero-order chi connectivity index (χ0) is 16.1. The minimum absolute atomic E-state index is 1.02. The summed E-state index contributed by atoms with van der Waals surface area (Å²) in [6.45, 7) is 4.28. The van der Waals surface area contributed by atoms with Crippen molar-refractivity contribution < 1.29 is 0 Å². The second kappa shape index (κ2) is 7.06. The summed E-state index contributed by atoms with van der Waals surface area (Å²) >= 11 is 0. The molecule has 0 saturated carbocycles. The molecule has 0 atom stereocenters. The lowest BCUT2D eigenvalue weighted by molar-refractivity contribution is 1.12. The fourth-order valence-corrected chi connectivity index (χ4v) is 2.88. The first-order valence-electron chi connectivity index (χ1n) is 8.06. The fraction of sp³-hybridized carbons (Fsp3) is 0.136. The molecule has 0 N–H and O–H groups in total.